The molecule has 0 spiro atoms. The zero-order chi connectivity index (χ0) is 11.4. The summed E-state index contributed by atoms with van der Waals surface area (Å²) in [5.41, 5.74) is 3.51. The standard InChI is InChI=1S/C9H12ClN5O/c10-8-2-1-7(5-12-8)6-15-4-3-11-9(15)13-14-16/h1-2,5,9,11H,3-4,6H2,(H,13,16). The van der Waals surface area contributed by atoms with Crippen molar-refractivity contribution in [3.8, 4) is 0 Å². The van der Waals surface area contributed by atoms with Gasteiger partial charge in [-0.15, -0.1) is 4.91 Å². The smallest absolute Gasteiger partial charge is 0.154 e. The van der Waals surface area contributed by atoms with Gasteiger partial charge in [0, 0.05) is 25.8 Å². The SMILES string of the molecule is O=NNC1NCCN1Cc1ccc(Cl)nc1. The summed E-state index contributed by atoms with van der Waals surface area (Å²) in [4.78, 5) is 16.2. The van der Waals surface area contributed by atoms with E-state index in [1.807, 2.05) is 6.07 Å². The highest BCUT2D eigenvalue weighted by molar-refractivity contribution is 6.29. The van der Waals surface area contributed by atoms with Crippen LogP contribution in [0.1, 0.15) is 5.56 Å². The fourth-order valence-corrected chi connectivity index (χ4v) is 1.80. The van der Waals surface area contributed by atoms with E-state index in [0.29, 0.717) is 11.7 Å². The van der Waals surface area contributed by atoms with E-state index in [1.54, 1.807) is 12.3 Å². The van der Waals surface area contributed by atoms with Crippen LogP contribution in [-0.2, 0) is 6.54 Å². The first-order chi connectivity index (χ1) is 7.79. The number of pyridine rings is 1. The Morgan fingerprint density at radius 1 is 1.69 bits per heavy atom. The van der Waals surface area contributed by atoms with E-state index >= 15 is 0 Å². The zero-order valence-corrected chi connectivity index (χ0v) is 9.31. The topological polar surface area (TPSA) is 69.6 Å². The van der Waals surface area contributed by atoms with Gasteiger partial charge in [-0.25, -0.2) is 10.4 Å². The van der Waals surface area contributed by atoms with Gasteiger partial charge in [0.1, 0.15) is 5.15 Å². The van der Waals surface area contributed by atoms with Gasteiger partial charge in [0.15, 0.2) is 6.29 Å². The van der Waals surface area contributed by atoms with Crippen molar-refractivity contribution >= 4 is 11.6 Å². The Bertz CT molecular complexity index is 357. The lowest BCUT2D eigenvalue weighted by atomic mass is 10.3. The Hall–Kier alpha value is -1.24. The van der Waals surface area contributed by atoms with Crippen LogP contribution in [0.5, 0.6) is 0 Å². The number of nitrogens with one attached hydrogen (secondary N) is 2. The van der Waals surface area contributed by atoms with Gasteiger partial charge in [0.25, 0.3) is 0 Å². The molecule has 1 aromatic rings. The molecule has 1 atom stereocenters. The molecule has 1 aliphatic heterocycles. The average Bonchev–Trinajstić information content (AvgIpc) is 2.70. The fourth-order valence-electron chi connectivity index (χ4n) is 1.69. The van der Waals surface area contributed by atoms with Crippen LogP contribution in [0.15, 0.2) is 23.6 Å². The van der Waals surface area contributed by atoms with Gasteiger partial charge in [0.05, 0.1) is 5.29 Å². The summed E-state index contributed by atoms with van der Waals surface area (Å²) in [6.07, 6.45) is 1.53. The highest BCUT2D eigenvalue weighted by Gasteiger charge is 2.23. The molecule has 2 N–H and O–H groups in total. The van der Waals surface area contributed by atoms with E-state index in [2.05, 4.69) is 25.9 Å². The Kier molecular flexibility index (Phi) is 3.66. The summed E-state index contributed by atoms with van der Waals surface area (Å²) in [6.45, 7) is 2.38. The molecule has 2 rings (SSSR count). The van der Waals surface area contributed by atoms with Crippen molar-refractivity contribution in [3.05, 3.63) is 34.0 Å². The lowest BCUT2D eigenvalue weighted by Gasteiger charge is -2.21. The van der Waals surface area contributed by atoms with E-state index < -0.39 is 0 Å². The molecule has 0 radical (unpaired) electrons. The predicted octanol–water partition coefficient (Wildman–Crippen LogP) is 0.695. The van der Waals surface area contributed by atoms with E-state index in [9.17, 15) is 4.91 Å². The van der Waals surface area contributed by atoms with Crippen LogP contribution >= 0.6 is 11.6 Å². The molecule has 0 amide bonds. The normalized spacial score (nSPS) is 20.9. The number of aromatic nitrogens is 1. The van der Waals surface area contributed by atoms with Crippen molar-refractivity contribution in [1.29, 1.82) is 0 Å². The summed E-state index contributed by atoms with van der Waals surface area (Å²) < 4.78 is 0. The lowest BCUT2D eigenvalue weighted by Crippen LogP contribution is -2.44. The monoisotopic (exact) mass is 241 g/mol. The van der Waals surface area contributed by atoms with Crippen LogP contribution in [0.3, 0.4) is 0 Å². The van der Waals surface area contributed by atoms with Gasteiger partial charge in [-0.2, -0.15) is 0 Å². The van der Waals surface area contributed by atoms with Crippen LogP contribution in [0.25, 0.3) is 0 Å². The van der Waals surface area contributed by atoms with E-state index in [-0.39, 0.29) is 6.29 Å². The Morgan fingerprint density at radius 3 is 3.25 bits per heavy atom. The molecule has 16 heavy (non-hydrogen) atoms. The molecule has 0 aromatic carbocycles. The average molecular weight is 242 g/mol. The molecule has 2 heterocycles. The fraction of sp³-hybridized carbons (Fsp3) is 0.444. The minimum atomic E-state index is -0.201. The molecule has 0 saturated carbocycles. The summed E-state index contributed by atoms with van der Waals surface area (Å²) >= 11 is 5.70. The molecule has 7 heteroatoms. The minimum absolute atomic E-state index is 0.201. The third kappa shape index (κ3) is 2.66. The third-order valence-electron chi connectivity index (χ3n) is 2.45. The first kappa shape index (κ1) is 11.3. The number of hydrogen-bond donors (Lipinski definition) is 2. The van der Waals surface area contributed by atoms with Gasteiger partial charge in [-0.3, -0.25) is 10.2 Å². The predicted molar refractivity (Wildman–Crippen MR) is 60.4 cm³/mol. The number of nitrogens with zero attached hydrogens (tertiary/aromatic N) is 3. The van der Waals surface area contributed by atoms with Crippen LogP contribution in [0.2, 0.25) is 5.15 Å². The summed E-state index contributed by atoms with van der Waals surface area (Å²) in [7, 11) is 0. The van der Waals surface area contributed by atoms with Crippen molar-refractivity contribution in [1.82, 2.24) is 20.6 Å². The van der Waals surface area contributed by atoms with E-state index in [0.717, 1.165) is 18.7 Å². The minimum Gasteiger partial charge on any atom is -0.282 e. The number of hydrogen-bond acceptors (Lipinski definition) is 5. The highest BCUT2D eigenvalue weighted by atomic mass is 35.5. The largest absolute Gasteiger partial charge is 0.282 e. The highest BCUT2D eigenvalue weighted by Crippen LogP contribution is 2.10. The zero-order valence-electron chi connectivity index (χ0n) is 8.56. The van der Waals surface area contributed by atoms with Crippen molar-refractivity contribution in [3.63, 3.8) is 0 Å². The summed E-state index contributed by atoms with van der Waals surface area (Å²) in [6, 6.07) is 3.67. The molecule has 0 bridgehead atoms. The van der Waals surface area contributed by atoms with Gasteiger partial charge in [0.2, 0.25) is 0 Å². The Morgan fingerprint density at radius 2 is 2.56 bits per heavy atom. The number of nitroso groups, excluding NO2 is 1. The van der Waals surface area contributed by atoms with Crippen LogP contribution < -0.4 is 10.7 Å². The van der Waals surface area contributed by atoms with Crippen molar-refractivity contribution < 1.29 is 0 Å². The van der Waals surface area contributed by atoms with Crippen LogP contribution in [0.4, 0.5) is 0 Å². The van der Waals surface area contributed by atoms with Crippen molar-refractivity contribution in [2.24, 2.45) is 5.29 Å². The number of rotatable bonds is 4. The molecule has 0 aliphatic carbocycles. The van der Waals surface area contributed by atoms with Gasteiger partial charge in [-0.05, 0) is 11.6 Å². The maximum atomic E-state index is 10.1. The van der Waals surface area contributed by atoms with E-state index in [1.165, 1.54) is 0 Å². The lowest BCUT2D eigenvalue weighted by molar-refractivity contribution is 0.198. The maximum Gasteiger partial charge on any atom is 0.154 e. The molecular formula is C9H12ClN5O. The number of halogens is 1. The van der Waals surface area contributed by atoms with Gasteiger partial charge < -0.3 is 0 Å². The van der Waals surface area contributed by atoms with Crippen LogP contribution in [0, 0.1) is 4.91 Å². The first-order valence-electron chi connectivity index (χ1n) is 4.95. The molecule has 1 unspecified atom stereocenters. The molecule has 1 aliphatic rings. The molecule has 1 fully saturated rings. The Labute approximate surface area is 97.9 Å². The second-order valence-electron chi connectivity index (χ2n) is 3.54. The molecule has 1 saturated heterocycles. The molecule has 6 nitrogen and oxygen atoms in total. The second kappa shape index (κ2) is 5.20. The third-order valence-corrected chi connectivity index (χ3v) is 2.67. The van der Waals surface area contributed by atoms with Gasteiger partial charge in [-0.1, -0.05) is 17.7 Å². The van der Waals surface area contributed by atoms with Gasteiger partial charge >= 0.3 is 0 Å². The summed E-state index contributed by atoms with van der Waals surface area (Å²) in [5.74, 6) is 0. The molecule has 86 valence electrons. The Balaban J connectivity index is 1.98. The van der Waals surface area contributed by atoms with Crippen LogP contribution in [-0.4, -0.2) is 29.3 Å². The molecular weight excluding hydrogens is 230 g/mol. The second-order valence-corrected chi connectivity index (χ2v) is 3.92. The van der Waals surface area contributed by atoms with Crippen molar-refractivity contribution in [2.45, 2.75) is 12.8 Å². The summed E-state index contributed by atoms with van der Waals surface area (Å²) in [5, 5.41) is 6.28. The maximum absolute atomic E-state index is 10.1. The van der Waals surface area contributed by atoms with E-state index in [4.69, 9.17) is 11.6 Å². The first-order valence-corrected chi connectivity index (χ1v) is 5.33. The quantitative estimate of drug-likeness (QED) is 0.461. The molecule has 1 aromatic heterocycles. The van der Waals surface area contributed by atoms with Crippen molar-refractivity contribution in [2.75, 3.05) is 13.1 Å².